The predicted molar refractivity (Wildman–Crippen MR) is 147 cm³/mol. The van der Waals surface area contributed by atoms with Crippen LogP contribution >= 0.6 is 0 Å². The van der Waals surface area contributed by atoms with Crippen LogP contribution in [0.3, 0.4) is 0 Å². The van der Waals surface area contributed by atoms with Crippen molar-refractivity contribution in [1.82, 2.24) is 14.7 Å². The highest BCUT2D eigenvalue weighted by atomic mass is 19.1. The molecule has 0 spiro atoms. The fourth-order valence-electron chi connectivity index (χ4n) is 4.32. The number of aryl methyl sites for hydroxylation is 1. The maximum atomic E-state index is 13.7. The number of nitrogens with zero attached hydrogens (tertiary/aromatic N) is 3. The monoisotopic (exact) mass is 537 g/mol. The second-order valence-electron chi connectivity index (χ2n) is 9.87. The third-order valence-corrected chi connectivity index (χ3v) is 6.45. The number of halogens is 1. The van der Waals surface area contributed by atoms with E-state index in [0.29, 0.717) is 23.5 Å². The van der Waals surface area contributed by atoms with Gasteiger partial charge in [-0.1, -0.05) is 44.2 Å². The quantitative estimate of drug-likeness (QED) is 0.351. The first-order valence-corrected chi connectivity index (χ1v) is 12.8. The SMILES string of the molecule is COC(=O)C[C@H](O)C[C@H](O)C=Cc1c(C(C)C)c(C(=O)N(C)Cc2ccccc2C)nn1-c1ccc(F)cc1. The molecule has 3 rings (SSSR count). The number of carbonyl (C=O) groups is 2. The maximum Gasteiger partial charge on any atom is 0.308 e. The number of rotatable bonds is 11. The normalized spacial score (nSPS) is 13.1. The maximum absolute atomic E-state index is 13.7. The van der Waals surface area contributed by atoms with Crippen molar-refractivity contribution in [2.24, 2.45) is 0 Å². The van der Waals surface area contributed by atoms with Gasteiger partial charge in [-0.2, -0.15) is 5.10 Å². The predicted octanol–water partition coefficient (Wildman–Crippen LogP) is 4.40. The number of aliphatic hydroxyl groups excluding tert-OH is 2. The minimum atomic E-state index is -1.09. The number of ether oxygens (including phenoxy) is 1. The van der Waals surface area contributed by atoms with Crippen molar-refractivity contribution >= 4 is 18.0 Å². The molecule has 8 nitrogen and oxygen atoms in total. The molecule has 0 fully saturated rings. The van der Waals surface area contributed by atoms with Crippen LogP contribution in [0.2, 0.25) is 0 Å². The van der Waals surface area contributed by atoms with Crippen LogP contribution in [0, 0.1) is 12.7 Å². The molecule has 2 N–H and O–H groups in total. The molecule has 0 aliphatic carbocycles. The number of aromatic nitrogens is 2. The number of esters is 1. The summed E-state index contributed by atoms with van der Waals surface area (Å²) in [5.41, 5.74) is 4.10. The molecule has 0 unspecified atom stereocenters. The van der Waals surface area contributed by atoms with E-state index in [2.05, 4.69) is 9.84 Å². The third-order valence-electron chi connectivity index (χ3n) is 6.45. The first-order valence-electron chi connectivity index (χ1n) is 12.8. The Balaban J connectivity index is 2.01. The molecule has 0 saturated heterocycles. The molecule has 1 heterocycles. The highest BCUT2D eigenvalue weighted by molar-refractivity contribution is 5.95. The summed E-state index contributed by atoms with van der Waals surface area (Å²) in [6.45, 7) is 6.28. The van der Waals surface area contributed by atoms with Crippen LogP contribution in [-0.4, -0.2) is 63.1 Å². The molecule has 208 valence electrons. The Hall–Kier alpha value is -3.82. The van der Waals surface area contributed by atoms with Crippen molar-refractivity contribution in [2.75, 3.05) is 14.2 Å². The Kier molecular flexibility index (Phi) is 10.1. The van der Waals surface area contributed by atoms with Crippen molar-refractivity contribution in [3.63, 3.8) is 0 Å². The summed E-state index contributed by atoms with van der Waals surface area (Å²) in [5, 5.41) is 25.3. The van der Waals surface area contributed by atoms with Gasteiger partial charge in [-0.25, -0.2) is 9.07 Å². The van der Waals surface area contributed by atoms with Crippen molar-refractivity contribution in [3.8, 4) is 5.69 Å². The number of carbonyl (C=O) groups excluding carboxylic acids is 2. The molecule has 0 aliphatic rings. The summed E-state index contributed by atoms with van der Waals surface area (Å²) in [4.78, 5) is 26.7. The number of aliphatic hydroxyl groups is 2. The van der Waals surface area contributed by atoms with Crippen LogP contribution in [0.15, 0.2) is 54.6 Å². The average Bonchev–Trinajstić information content (AvgIpc) is 3.28. The number of benzene rings is 2. The molecule has 1 amide bonds. The highest BCUT2D eigenvalue weighted by Crippen LogP contribution is 2.29. The van der Waals surface area contributed by atoms with Crippen molar-refractivity contribution < 1.29 is 28.9 Å². The van der Waals surface area contributed by atoms with Crippen molar-refractivity contribution in [3.05, 3.63) is 88.5 Å². The summed E-state index contributed by atoms with van der Waals surface area (Å²) in [5.74, 6) is -1.37. The lowest BCUT2D eigenvalue weighted by atomic mass is 9.98. The fourth-order valence-corrected chi connectivity index (χ4v) is 4.32. The largest absolute Gasteiger partial charge is 0.469 e. The van der Waals surface area contributed by atoms with Gasteiger partial charge in [0.1, 0.15) is 5.82 Å². The topological polar surface area (TPSA) is 105 Å². The number of methoxy groups -OCH3 is 1. The summed E-state index contributed by atoms with van der Waals surface area (Å²) in [7, 11) is 2.95. The zero-order chi connectivity index (χ0) is 28.7. The van der Waals surface area contributed by atoms with Gasteiger partial charge >= 0.3 is 5.97 Å². The van der Waals surface area contributed by atoms with Crippen LogP contribution in [0.1, 0.15) is 65.5 Å². The molecule has 0 aliphatic heterocycles. The summed E-state index contributed by atoms with van der Waals surface area (Å²) in [6.07, 6.45) is 0.629. The highest BCUT2D eigenvalue weighted by Gasteiger charge is 2.27. The van der Waals surface area contributed by atoms with Gasteiger partial charge < -0.3 is 19.8 Å². The molecule has 3 aromatic rings. The molecule has 9 heteroatoms. The van der Waals surface area contributed by atoms with Gasteiger partial charge in [-0.15, -0.1) is 0 Å². The van der Waals surface area contributed by atoms with Gasteiger partial charge in [-0.05, 0) is 54.3 Å². The molecular formula is C30H36FN3O5. The number of hydrogen-bond acceptors (Lipinski definition) is 6. The summed E-state index contributed by atoms with van der Waals surface area (Å²) < 4.78 is 19.8. The van der Waals surface area contributed by atoms with E-state index in [1.807, 2.05) is 45.0 Å². The van der Waals surface area contributed by atoms with E-state index in [4.69, 9.17) is 0 Å². The molecule has 2 atom stereocenters. The van der Waals surface area contributed by atoms with Crippen LogP contribution in [0.25, 0.3) is 11.8 Å². The second kappa shape index (κ2) is 13.3. The number of amides is 1. The molecular weight excluding hydrogens is 501 g/mol. The van der Waals surface area contributed by atoms with Gasteiger partial charge in [-0.3, -0.25) is 9.59 Å². The lowest BCUT2D eigenvalue weighted by molar-refractivity contribution is -0.143. The van der Waals surface area contributed by atoms with Crippen molar-refractivity contribution in [1.29, 1.82) is 0 Å². The van der Waals surface area contributed by atoms with Gasteiger partial charge in [0.15, 0.2) is 5.69 Å². The first kappa shape index (κ1) is 29.7. The van der Waals surface area contributed by atoms with E-state index < -0.39 is 24.0 Å². The molecule has 39 heavy (non-hydrogen) atoms. The number of hydrogen-bond donors (Lipinski definition) is 2. The zero-order valence-electron chi connectivity index (χ0n) is 23.0. The van der Waals surface area contributed by atoms with Gasteiger partial charge in [0.25, 0.3) is 5.91 Å². The Morgan fingerprint density at radius 3 is 2.41 bits per heavy atom. The third kappa shape index (κ3) is 7.61. The summed E-state index contributed by atoms with van der Waals surface area (Å²) >= 11 is 0. The van der Waals surface area contributed by atoms with E-state index in [9.17, 15) is 24.2 Å². The minimum absolute atomic E-state index is 0.0851. The Bertz CT molecular complexity index is 1320. The average molecular weight is 538 g/mol. The van der Waals surface area contributed by atoms with E-state index in [1.165, 1.54) is 25.3 Å². The standard InChI is InChI=1S/C30H36FN3O5/c1-19(2)28-26(15-14-24(35)16-25(36)17-27(37)39-5)34(23-12-10-22(31)11-13-23)32-29(28)30(38)33(4)18-21-9-7-6-8-20(21)3/h6-15,19,24-25,35-36H,16-18H2,1-5H3/t24-,25-/m1/s1. The van der Waals surface area contributed by atoms with E-state index in [0.717, 1.165) is 11.1 Å². The summed E-state index contributed by atoms with van der Waals surface area (Å²) in [6, 6.07) is 13.6. The van der Waals surface area contributed by atoms with Crippen LogP contribution in [-0.2, 0) is 16.1 Å². The Labute approximate surface area is 228 Å². The minimum Gasteiger partial charge on any atom is -0.469 e. The lowest BCUT2D eigenvalue weighted by Crippen LogP contribution is -2.28. The first-order chi connectivity index (χ1) is 18.5. The van der Waals surface area contributed by atoms with Gasteiger partial charge in [0, 0.05) is 25.6 Å². The van der Waals surface area contributed by atoms with Gasteiger partial charge in [0.2, 0.25) is 0 Å². The molecule has 0 saturated carbocycles. The van der Waals surface area contributed by atoms with E-state index >= 15 is 0 Å². The molecule has 1 aromatic heterocycles. The Morgan fingerprint density at radius 1 is 1.13 bits per heavy atom. The fraction of sp³-hybridized carbons (Fsp3) is 0.367. The lowest BCUT2D eigenvalue weighted by Gasteiger charge is -2.19. The zero-order valence-corrected chi connectivity index (χ0v) is 23.0. The van der Waals surface area contributed by atoms with Crippen LogP contribution in [0.5, 0.6) is 0 Å². The Morgan fingerprint density at radius 2 is 1.79 bits per heavy atom. The van der Waals surface area contributed by atoms with E-state index in [1.54, 1.807) is 34.8 Å². The molecule has 0 bridgehead atoms. The van der Waals surface area contributed by atoms with Crippen LogP contribution < -0.4 is 0 Å². The van der Waals surface area contributed by atoms with Gasteiger partial charge in [0.05, 0.1) is 37.1 Å². The smallest absolute Gasteiger partial charge is 0.308 e. The van der Waals surface area contributed by atoms with E-state index in [-0.39, 0.29) is 30.4 Å². The van der Waals surface area contributed by atoms with Crippen molar-refractivity contribution in [2.45, 2.75) is 58.3 Å². The van der Waals surface area contributed by atoms with Crippen LogP contribution in [0.4, 0.5) is 4.39 Å². The molecule has 2 aromatic carbocycles. The molecule has 0 radical (unpaired) electrons. The second-order valence-corrected chi connectivity index (χ2v) is 9.87.